The van der Waals surface area contributed by atoms with E-state index in [1.165, 1.54) is 0 Å². The van der Waals surface area contributed by atoms with Crippen LogP contribution >= 0.6 is 0 Å². The van der Waals surface area contributed by atoms with Gasteiger partial charge < -0.3 is 10.5 Å². The summed E-state index contributed by atoms with van der Waals surface area (Å²) >= 11 is 0. The topological polar surface area (TPSA) is 94.3 Å². The van der Waals surface area contributed by atoms with Gasteiger partial charge in [-0.05, 0) is 24.8 Å². The number of nitrogens with two attached hydrogens (primary N) is 1. The summed E-state index contributed by atoms with van der Waals surface area (Å²) in [5, 5.41) is 0. The van der Waals surface area contributed by atoms with Crippen molar-refractivity contribution in [2.45, 2.75) is 30.0 Å². The second-order valence-electron chi connectivity index (χ2n) is 5.04. The number of hydrogen-bond acceptors (Lipinski definition) is 5. The van der Waals surface area contributed by atoms with E-state index >= 15 is 0 Å². The molecule has 0 aliphatic heterocycles. The monoisotopic (exact) mass is 339 g/mol. The summed E-state index contributed by atoms with van der Waals surface area (Å²) in [6, 6.07) is 1.88. The zero-order chi connectivity index (χ0) is 16.4. The van der Waals surface area contributed by atoms with Crippen molar-refractivity contribution in [3.63, 3.8) is 0 Å². The maximum absolute atomic E-state index is 12.1. The molecular weight excluding hydrogens is 323 g/mol. The Balaban J connectivity index is 2.02. The van der Waals surface area contributed by atoms with Gasteiger partial charge in [-0.3, -0.25) is 0 Å². The Morgan fingerprint density at radius 2 is 2.09 bits per heavy atom. The van der Waals surface area contributed by atoms with Gasteiger partial charge in [0.15, 0.2) is 6.61 Å². The predicted octanol–water partition coefficient (Wildman–Crippen LogP) is 1.04. The summed E-state index contributed by atoms with van der Waals surface area (Å²) in [5.41, 5.74) is 5.53. The highest BCUT2D eigenvalue weighted by molar-refractivity contribution is 7.89. The molecule has 6 nitrogen and oxygen atoms in total. The van der Waals surface area contributed by atoms with Crippen molar-refractivity contribution >= 4 is 10.0 Å². The molecule has 1 aromatic heterocycles. The predicted molar refractivity (Wildman–Crippen MR) is 71.7 cm³/mol. The molecule has 1 heterocycles. The number of rotatable bonds is 7. The summed E-state index contributed by atoms with van der Waals surface area (Å²) in [7, 11) is -3.81. The zero-order valence-electron chi connectivity index (χ0n) is 11.5. The first-order chi connectivity index (χ1) is 10.2. The Bertz CT molecular complexity index is 600. The highest BCUT2D eigenvalue weighted by atomic mass is 32.2. The average molecular weight is 339 g/mol. The minimum Gasteiger partial charge on any atom is -0.468 e. The minimum atomic E-state index is -4.48. The fourth-order valence-electron chi connectivity index (χ4n) is 1.87. The van der Waals surface area contributed by atoms with Crippen molar-refractivity contribution in [1.82, 2.24) is 9.71 Å². The summed E-state index contributed by atoms with van der Waals surface area (Å²) in [6.45, 7) is -1.30. The van der Waals surface area contributed by atoms with Crippen molar-refractivity contribution in [2.75, 3.05) is 13.2 Å². The third-order valence-corrected chi connectivity index (χ3v) is 4.63. The molecule has 3 N–H and O–H groups in total. The van der Waals surface area contributed by atoms with Crippen LogP contribution in [0.2, 0.25) is 0 Å². The van der Waals surface area contributed by atoms with Gasteiger partial charge in [0.2, 0.25) is 15.9 Å². The van der Waals surface area contributed by atoms with E-state index in [2.05, 4.69) is 14.4 Å². The molecule has 0 aromatic carbocycles. The molecule has 1 aliphatic carbocycles. The lowest BCUT2D eigenvalue weighted by molar-refractivity contribution is -0.154. The third-order valence-electron chi connectivity index (χ3n) is 3.15. The van der Waals surface area contributed by atoms with E-state index in [4.69, 9.17) is 5.73 Å². The highest BCUT2D eigenvalue weighted by Crippen LogP contribution is 2.32. The molecule has 124 valence electrons. The molecule has 2 rings (SSSR count). The van der Waals surface area contributed by atoms with Crippen molar-refractivity contribution in [3.05, 3.63) is 18.3 Å². The fraction of sp³-hybridized carbons (Fsp3) is 0.583. The molecule has 1 unspecified atom stereocenters. The largest absolute Gasteiger partial charge is 0.468 e. The van der Waals surface area contributed by atoms with Gasteiger partial charge in [-0.25, -0.2) is 18.1 Å². The van der Waals surface area contributed by atoms with E-state index < -0.39 is 22.8 Å². The van der Waals surface area contributed by atoms with Crippen molar-refractivity contribution in [1.29, 1.82) is 0 Å². The molecule has 0 bridgehead atoms. The molecule has 0 amide bonds. The standard InChI is InChI=1S/C12H16F3N3O3S/c13-12(14,15)7-21-11-4-3-9(6-17-11)22(19,20)18-10(5-16)8-1-2-8/h3-4,6,8,10,18H,1-2,5,7,16H2. The number of alkyl halides is 3. The fourth-order valence-corrected chi connectivity index (χ4v) is 3.13. The number of hydrogen-bond donors (Lipinski definition) is 2. The molecule has 1 saturated carbocycles. The third kappa shape index (κ3) is 4.82. The Morgan fingerprint density at radius 1 is 1.41 bits per heavy atom. The number of nitrogens with one attached hydrogen (secondary N) is 1. The van der Waals surface area contributed by atoms with Crippen molar-refractivity contribution < 1.29 is 26.3 Å². The molecule has 1 fully saturated rings. The zero-order valence-corrected chi connectivity index (χ0v) is 12.3. The lowest BCUT2D eigenvalue weighted by Gasteiger charge is -2.16. The van der Waals surface area contributed by atoms with Crippen LogP contribution in [0.4, 0.5) is 13.2 Å². The second kappa shape index (κ2) is 6.39. The molecule has 0 spiro atoms. The Labute approximate surface area is 125 Å². The van der Waals surface area contributed by atoms with Crippen LogP contribution in [0, 0.1) is 5.92 Å². The molecule has 22 heavy (non-hydrogen) atoms. The number of pyridine rings is 1. The van der Waals surface area contributed by atoms with Gasteiger partial charge in [0.05, 0.1) is 6.20 Å². The molecule has 10 heteroatoms. The van der Waals surface area contributed by atoms with Gasteiger partial charge in [-0.1, -0.05) is 0 Å². The van der Waals surface area contributed by atoms with Crippen LogP contribution in [0.3, 0.4) is 0 Å². The second-order valence-corrected chi connectivity index (χ2v) is 6.75. The first-order valence-corrected chi connectivity index (χ1v) is 8.07. The van der Waals surface area contributed by atoms with E-state index in [0.717, 1.165) is 31.2 Å². The lowest BCUT2D eigenvalue weighted by atomic mass is 10.2. The van der Waals surface area contributed by atoms with E-state index in [-0.39, 0.29) is 29.3 Å². The van der Waals surface area contributed by atoms with Gasteiger partial charge in [-0.2, -0.15) is 13.2 Å². The smallest absolute Gasteiger partial charge is 0.422 e. The number of nitrogens with zero attached hydrogens (tertiary/aromatic N) is 1. The summed E-state index contributed by atoms with van der Waals surface area (Å²) in [6.07, 6.45) is -1.68. The SMILES string of the molecule is NCC(NS(=O)(=O)c1ccc(OCC(F)(F)F)nc1)C1CC1. The number of halogens is 3. The maximum atomic E-state index is 12.1. The Hall–Kier alpha value is -1.39. The Morgan fingerprint density at radius 3 is 2.55 bits per heavy atom. The van der Waals surface area contributed by atoms with Crippen molar-refractivity contribution in [2.24, 2.45) is 11.7 Å². The highest BCUT2D eigenvalue weighted by Gasteiger charge is 2.33. The van der Waals surface area contributed by atoms with Crippen LogP contribution in [0.25, 0.3) is 0 Å². The Kier molecular flexibility index (Phi) is 4.93. The number of aromatic nitrogens is 1. The minimum absolute atomic E-state index is 0.147. The molecule has 0 radical (unpaired) electrons. The van der Waals surface area contributed by atoms with Crippen LogP contribution in [0.15, 0.2) is 23.2 Å². The normalized spacial score (nSPS) is 17.3. The summed E-state index contributed by atoms with van der Waals surface area (Å²) in [5.74, 6) is -0.0593. The molecular formula is C12H16F3N3O3S. The quantitative estimate of drug-likeness (QED) is 0.774. The van der Waals surface area contributed by atoms with E-state index in [1.54, 1.807) is 0 Å². The van der Waals surface area contributed by atoms with Crippen molar-refractivity contribution in [3.8, 4) is 5.88 Å². The van der Waals surface area contributed by atoms with Crippen LogP contribution < -0.4 is 15.2 Å². The molecule has 0 saturated heterocycles. The van der Waals surface area contributed by atoms with Crippen LogP contribution in [0.5, 0.6) is 5.88 Å². The summed E-state index contributed by atoms with van der Waals surface area (Å²) < 4.78 is 67.2. The van der Waals surface area contributed by atoms with Crippen LogP contribution in [-0.4, -0.2) is 38.8 Å². The van der Waals surface area contributed by atoms with Gasteiger partial charge in [-0.15, -0.1) is 0 Å². The first-order valence-electron chi connectivity index (χ1n) is 6.59. The number of ether oxygens (including phenoxy) is 1. The van der Waals surface area contributed by atoms with Crippen LogP contribution in [-0.2, 0) is 10.0 Å². The summed E-state index contributed by atoms with van der Waals surface area (Å²) in [4.78, 5) is 3.42. The van der Waals surface area contributed by atoms with Gasteiger partial charge in [0.25, 0.3) is 0 Å². The van der Waals surface area contributed by atoms with E-state index in [0.29, 0.717) is 0 Å². The molecule has 1 atom stereocenters. The van der Waals surface area contributed by atoms with E-state index in [1.807, 2.05) is 0 Å². The van der Waals surface area contributed by atoms with Gasteiger partial charge in [0.1, 0.15) is 4.90 Å². The molecule has 1 aromatic rings. The van der Waals surface area contributed by atoms with E-state index in [9.17, 15) is 21.6 Å². The first kappa shape index (κ1) is 17.0. The lowest BCUT2D eigenvalue weighted by Crippen LogP contribution is -2.41. The van der Waals surface area contributed by atoms with Gasteiger partial charge in [0, 0.05) is 18.7 Å². The van der Waals surface area contributed by atoms with Crippen LogP contribution in [0.1, 0.15) is 12.8 Å². The number of sulfonamides is 1. The average Bonchev–Trinajstić information content (AvgIpc) is 3.27. The maximum Gasteiger partial charge on any atom is 0.422 e. The molecule has 1 aliphatic rings. The van der Waals surface area contributed by atoms with Gasteiger partial charge >= 0.3 is 6.18 Å².